The number of carbonyl (C=O) groups is 1. The number of carbonyl (C=O) groups excluding carboxylic acids is 1. The number of nitrogens with zero attached hydrogens (tertiary/aromatic N) is 2. The smallest absolute Gasteiger partial charge is 0.290 e. The molecule has 1 aromatic heterocycles. The average molecular weight is 491 g/mol. The van der Waals surface area contributed by atoms with Gasteiger partial charge in [0.15, 0.2) is 5.43 Å². The molecule has 7 nitrogen and oxygen atoms in total. The molecule has 1 saturated heterocycles. The van der Waals surface area contributed by atoms with Crippen LogP contribution in [0.2, 0.25) is 0 Å². The van der Waals surface area contributed by atoms with E-state index in [2.05, 4.69) is 18.7 Å². The number of rotatable bonds is 8. The lowest BCUT2D eigenvalue weighted by Gasteiger charge is -2.31. The highest BCUT2D eigenvalue weighted by Gasteiger charge is 2.42. The Morgan fingerprint density at radius 3 is 2.64 bits per heavy atom. The molecule has 0 spiro atoms. The Morgan fingerprint density at radius 2 is 1.86 bits per heavy atom. The van der Waals surface area contributed by atoms with Crippen LogP contribution in [-0.2, 0) is 4.74 Å². The van der Waals surface area contributed by atoms with Crippen LogP contribution in [-0.4, -0.2) is 61.7 Å². The van der Waals surface area contributed by atoms with Crippen LogP contribution in [0.5, 0.6) is 5.75 Å². The van der Waals surface area contributed by atoms with Crippen molar-refractivity contribution in [3.05, 3.63) is 75.1 Å². The van der Waals surface area contributed by atoms with Gasteiger partial charge >= 0.3 is 0 Å². The Kier molecular flexibility index (Phi) is 7.12. The van der Waals surface area contributed by atoms with E-state index in [9.17, 15) is 9.59 Å². The molecule has 2 aromatic carbocycles. The van der Waals surface area contributed by atoms with Crippen molar-refractivity contribution >= 4 is 16.9 Å². The SMILES string of the molecule is Cc1ccc2oc3c(c(=O)c2c1)C(c1cccc(OCCC(C)C)c1)N(CCN1CCOCC1)C3=O. The maximum Gasteiger partial charge on any atom is 0.290 e. The number of aryl methyl sites for hydroxylation is 1. The molecule has 0 saturated carbocycles. The third-order valence-corrected chi connectivity index (χ3v) is 7.02. The molecule has 190 valence electrons. The summed E-state index contributed by atoms with van der Waals surface area (Å²) in [5.41, 5.74) is 2.54. The molecular formula is C29H34N2O5. The predicted octanol–water partition coefficient (Wildman–Crippen LogP) is 4.40. The van der Waals surface area contributed by atoms with Gasteiger partial charge in [-0.05, 0) is 49.1 Å². The van der Waals surface area contributed by atoms with Crippen molar-refractivity contribution in [1.82, 2.24) is 9.80 Å². The summed E-state index contributed by atoms with van der Waals surface area (Å²) < 4.78 is 17.6. The summed E-state index contributed by atoms with van der Waals surface area (Å²) in [7, 11) is 0. The summed E-state index contributed by atoms with van der Waals surface area (Å²) in [5.74, 6) is 1.19. The zero-order valence-corrected chi connectivity index (χ0v) is 21.3. The van der Waals surface area contributed by atoms with Crippen LogP contribution in [0.25, 0.3) is 11.0 Å². The molecule has 1 unspecified atom stereocenters. The van der Waals surface area contributed by atoms with Gasteiger partial charge in [0, 0.05) is 26.2 Å². The van der Waals surface area contributed by atoms with Crippen molar-refractivity contribution in [2.75, 3.05) is 46.0 Å². The highest BCUT2D eigenvalue weighted by atomic mass is 16.5. The van der Waals surface area contributed by atoms with Gasteiger partial charge in [-0.2, -0.15) is 0 Å². The lowest BCUT2D eigenvalue weighted by atomic mass is 9.98. The third kappa shape index (κ3) is 4.90. The summed E-state index contributed by atoms with van der Waals surface area (Å²) in [4.78, 5) is 31.5. The molecule has 0 N–H and O–H groups in total. The first-order chi connectivity index (χ1) is 17.4. The molecule has 0 radical (unpaired) electrons. The number of morpholine rings is 1. The van der Waals surface area contributed by atoms with Gasteiger partial charge in [0.1, 0.15) is 11.3 Å². The third-order valence-electron chi connectivity index (χ3n) is 7.02. The first-order valence-electron chi connectivity index (χ1n) is 12.8. The van der Waals surface area contributed by atoms with E-state index in [4.69, 9.17) is 13.9 Å². The van der Waals surface area contributed by atoms with E-state index >= 15 is 0 Å². The summed E-state index contributed by atoms with van der Waals surface area (Å²) in [6, 6.07) is 12.7. The maximum absolute atomic E-state index is 13.8. The number of hydrogen-bond acceptors (Lipinski definition) is 6. The number of benzene rings is 2. The second-order valence-corrected chi connectivity index (χ2v) is 10.1. The Hall–Kier alpha value is -3.16. The lowest BCUT2D eigenvalue weighted by Crippen LogP contribution is -2.42. The van der Waals surface area contributed by atoms with Crippen molar-refractivity contribution in [1.29, 1.82) is 0 Å². The highest BCUT2D eigenvalue weighted by molar-refractivity contribution is 5.99. The first kappa shape index (κ1) is 24.5. The first-order valence-corrected chi connectivity index (χ1v) is 12.8. The van der Waals surface area contributed by atoms with Crippen molar-refractivity contribution in [2.24, 2.45) is 5.92 Å². The fraction of sp³-hybridized carbons (Fsp3) is 0.448. The summed E-state index contributed by atoms with van der Waals surface area (Å²) in [6.07, 6.45) is 0.954. The fourth-order valence-electron chi connectivity index (χ4n) is 4.97. The molecule has 5 rings (SSSR count). The number of amides is 1. The van der Waals surface area contributed by atoms with E-state index in [-0.39, 0.29) is 17.1 Å². The summed E-state index contributed by atoms with van der Waals surface area (Å²) >= 11 is 0. The van der Waals surface area contributed by atoms with Crippen molar-refractivity contribution < 1.29 is 18.7 Å². The second-order valence-electron chi connectivity index (χ2n) is 10.1. The van der Waals surface area contributed by atoms with Crippen LogP contribution in [0.15, 0.2) is 51.7 Å². The Balaban J connectivity index is 1.54. The molecular weight excluding hydrogens is 456 g/mol. The van der Waals surface area contributed by atoms with E-state index in [1.54, 1.807) is 11.0 Å². The standard InChI is InChI=1S/C29H34N2O5/c1-19(2)9-14-35-22-6-4-5-21(18-22)26-25-27(32)23-17-20(3)7-8-24(23)36-28(25)29(33)31(26)11-10-30-12-15-34-16-13-30/h4-8,17-19,26H,9-16H2,1-3H3. The lowest BCUT2D eigenvalue weighted by molar-refractivity contribution is 0.0314. The number of fused-ring (bicyclic) bond motifs is 2. The quantitative estimate of drug-likeness (QED) is 0.466. The van der Waals surface area contributed by atoms with Gasteiger partial charge in [-0.15, -0.1) is 0 Å². The van der Waals surface area contributed by atoms with Gasteiger partial charge in [0.2, 0.25) is 5.76 Å². The molecule has 2 aliphatic heterocycles. The van der Waals surface area contributed by atoms with Gasteiger partial charge < -0.3 is 18.8 Å². The minimum Gasteiger partial charge on any atom is -0.494 e. The van der Waals surface area contributed by atoms with E-state index in [1.165, 1.54) is 0 Å². The Morgan fingerprint density at radius 1 is 1.06 bits per heavy atom. The van der Waals surface area contributed by atoms with Gasteiger partial charge in [0.05, 0.1) is 36.8 Å². The molecule has 0 bridgehead atoms. The van der Waals surface area contributed by atoms with Crippen molar-refractivity contribution in [3.63, 3.8) is 0 Å². The highest BCUT2D eigenvalue weighted by Crippen LogP contribution is 2.39. The monoisotopic (exact) mass is 490 g/mol. The van der Waals surface area contributed by atoms with Gasteiger partial charge in [-0.1, -0.05) is 37.6 Å². The molecule has 3 aromatic rings. The second kappa shape index (κ2) is 10.4. The minimum atomic E-state index is -0.525. The van der Waals surface area contributed by atoms with E-state index in [1.807, 2.05) is 43.3 Å². The summed E-state index contributed by atoms with van der Waals surface area (Å²) in [5, 5.41) is 0.505. The molecule has 2 aliphatic rings. The predicted molar refractivity (Wildman–Crippen MR) is 139 cm³/mol. The Labute approximate surface area is 211 Å². The van der Waals surface area contributed by atoms with Gasteiger partial charge in [-0.3, -0.25) is 14.5 Å². The van der Waals surface area contributed by atoms with Crippen LogP contribution in [0, 0.1) is 12.8 Å². The van der Waals surface area contributed by atoms with Gasteiger partial charge in [0.25, 0.3) is 5.91 Å². The number of hydrogen-bond donors (Lipinski definition) is 0. The van der Waals surface area contributed by atoms with Crippen LogP contribution in [0.4, 0.5) is 0 Å². The topological polar surface area (TPSA) is 72.2 Å². The molecule has 1 amide bonds. The maximum atomic E-state index is 13.8. The summed E-state index contributed by atoms with van der Waals surface area (Å²) in [6.45, 7) is 11.1. The Bertz CT molecular complexity index is 1310. The average Bonchev–Trinajstić information content (AvgIpc) is 3.15. The van der Waals surface area contributed by atoms with Crippen LogP contribution in [0.1, 0.15) is 53.6 Å². The molecule has 1 atom stereocenters. The normalized spacial score (nSPS) is 18.3. The fourth-order valence-corrected chi connectivity index (χ4v) is 4.97. The van der Waals surface area contributed by atoms with E-state index in [0.29, 0.717) is 55.4 Å². The largest absolute Gasteiger partial charge is 0.494 e. The molecule has 3 heterocycles. The van der Waals surface area contributed by atoms with E-state index < -0.39 is 6.04 Å². The molecule has 1 fully saturated rings. The molecule has 7 heteroatoms. The van der Waals surface area contributed by atoms with Crippen molar-refractivity contribution in [2.45, 2.75) is 33.2 Å². The van der Waals surface area contributed by atoms with Crippen molar-refractivity contribution in [3.8, 4) is 5.75 Å². The zero-order valence-electron chi connectivity index (χ0n) is 21.3. The van der Waals surface area contributed by atoms with Gasteiger partial charge in [-0.25, -0.2) is 0 Å². The van der Waals surface area contributed by atoms with Crippen LogP contribution in [0.3, 0.4) is 0 Å². The van der Waals surface area contributed by atoms with E-state index in [0.717, 1.165) is 36.4 Å². The molecule has 0 aliphatic carbocycles. The molecule has 36 heavy (non-hydrogen) atoms. The zero-order chi connectivity index (χ0) is 25.2. The van der Waals surface area contributed by atoms with Crippen LogP contribution >= 0.6 is 0 Å². The van der Waals surface area contributed by atoms with Crippen LogP contribution < -0.4 is 10.2 Å². The minimum absolute atomic E-state index is 0.145. The number of ether oxygens (including phenoxy) is 2.